The minimum atomic E-state index is -3.63. The van der Waals surface area contributed by atoms with E-state index in [2.05, 4.69) is 17.3 Å². The van der Waals surface area contributed by atoms with Gasteiger partial charge in [0.15, 0.2) is 0 Å². The third-order valence-corrected chi connectivity index (χ3v) is 5.70. The van der Waals surface area contributed by atoms with Crippen molar-refractivity contribution < 1.29 is 17.9 Å². The maximum absolute atomic E-state index is 12.6. The highest BCUT2D eigenvalue weighted by Crippen LogP contribution is 2.25. The van der Waals surface area contributed by atoms with Crippen LogP contribution in [0.1, 0.15) is 19.8 Å². The quantitative estimate of drug-likeness (QED) is 0.811. The highest BCUT2D eigenvalue weighted by atomic mass is 32.2. The third kappa shape index (κ3) is 5.09. The molecule has 0 spiro atoms. The van der Waals surface area contributed by atoms with E-state index in [1.54, 1.807) is 31.2 Å². The van der Waals surface area contributed by atoms with Crippen LogP contribution in [-0.2, 0) is 14.8 Å². The van der Waals surface area contributed by atoms with Crippen molar-refractivity contribution in [3.63, 3.8) is 0 Å². The summed E-state index contributed by atoms with van der Waals surface area (Å²) in [5.74, 6) is 0.247. The second-order valence-electron chi connectivity index (χ2n) is 6.52. The summed E-state index contributed by atoms with van der Waals surface area (Å²) >= 11 is 0. The molecule has 1 aliphatic heterocycles. The van der Waals surface area contributed by atoms with E-state index in [0.29, 0.717) is 11.4 Å². The first-order chi connectivity index (χ1) is 11.7. The van der Waals surface area contributed by atoms with E-state index in [-0.39, 0.29) is 11.9 Å². The van der Waals surface area contributed by atoms with E-state index in [0.717, 1.165) is 36.5 Å². The van der Waals surface area contributed by atoms with Crippen molar-refractivity contribution in [2.75, 3.05) is 37.8 Å². The van der Waals surface area contributed by atoms with Crippen LogP contribution in [0, 0.1) is 0 Å². The Morgan fingerprint density at radius 3 is 2.56 bits per heavy atom. The number of hydrogen-bond acceptors (Lipinski definition) is 5. The van der Waals surface area contributed by atoms with Gasteiger partial charge >= 0.3 is 0 Å². The number of amides is 1. The first kappa shape index (κ1) is 19.5. The van der Waals surface area contributed by atoms with Crippen molar-refractivity contribution in [2.45, 2.75) is 31.8 Å². The van der Waals surface area contributed by atoms with Crippen LogP contribution >= 0.6 is 0 Å². The van der Waals surface area contributed by atoms with Gasteiger partial charge in [0.25, 0.3) is 0 Å². The highest BCUT2D eigenvalue weighted by Gasteiger charge is 2.31. The van der Waals surface area contributed by atoms with E-state index < -0.39 is 16.1 Å². The fraction of sp³-hybridized carbons (Fsp3) is 0.588. The molecule has 1 aliphatic rings. The van der Waals surface area contributed by atoms with Gasteiger partial charge in [-0.15, -0.1) is 0 Å². The molecule has 1 N–H and O–H groups in total. The Balaban J connectivity index is 2.18. The maximum Gasteiger partial charge on any atom is 0.243 e. The summed E-state index contributed by atoms with van der Waals surface area (Å²) in [6.07, 6.45) is 2.84. The molecule has 0 aliphatic carbocycles. The molecule has 1 heterocycles. The number of carbonyl (C=O) groups is 1. The normalized spacial score (nSPS) is 17.8. The van der Waals surface area contributed by atoms with Crippen molar-refractivity contribution in [1.82, 2.24) is 10.2 Å². The number of nitrogens with zero attached hydrogens (tertiary/aromatic N) is 2. The van der Waals surface area contributed by atoms with Crippen molar-refractivity contribution in [3.8, 4) is 5.75 Å². The van der Waals surface area contributed by atoms with Crippen LogP contribution in [0.3, 0.4) is 0 Å². The Hall–Kier alpha value is -1.80. The summed E-state index contributed by atoms with van der Waals surface area (Å²) in [5.41, 5.74) is 0.410. The van der Waals surface area contributed by atoms with Gasteiger partial charge < -0.3 is 15.0 Å². The van der Waals surface area contributed by atoms with Gasteiger partial charge in [-0.05, 0) is 52.0 Å². The van der Waals surface area contributed by atoms with Crippen LogP contribution in [-0.4, -0.2) is 64.8 Å². The number of rotatable bonds is 6. The molecule has 1 amide bonds. The minimum absolute atomic E-state index is 0.0814. The van der Waals surface area contributed by atoms with Gasteiger partial charge in [-0.3, -0.25) is 9.10 Å². The molecule has 7 nitrogen and oxygen atoms in total. The van der Waals surface area contributed by atoms with E-state index in [1.165, 1.54) is 7.11 Å². The van der Waals surface area contributed by atoms with Gasteiger partial charge in [0.1, 0.15) is 11.8 Å². The number of benzene rings is 1. The summed E-state index contributed by atoms with van der Waals surface area (Å²) in [6.45, 7) is 3.45. The number of likely N-dealkylation sites (tertiary alicyclic amines) is 1. The molecule has 1 fully saturated rings. The number of piperidine rings is 1. The standard InChI is InChI=1S/C17H27N3O4S/c1-13(17(21)18-14-8-10-19(2)11-9-14)20(25(4,22)23)15-6-5-7-16(12-15)24-3/h5-7,12-14H,8-11H2,1-4H3,(H,18,21). The SMILES string of the molecule is COc1cccc(N(C(C)C(=O)NC2CCN(C)CC2)S(C)(=O)=O)c1. The lowest BCUT2D eigenvalue weighted by Gasteiger charge is -2.33. The molecule has 0 aromatic heterocycles. The lowest BCUT2D eigenvalue weighted by molar-refractivity contribution is -0.122. The molecular weight excluding hydrogens is 342 g/mol. The van der Waals surface area contributed by atoms with Crippen LogP contribution in [0.15, 0.2) is 24.3 Å². The Morgan fingerprint density at radius 2 is 2.00 bits per heavy atom. The minimum Gasteiger partial charge on any atom is -0.497 e. The number of sulfonamides is 1. The van der Waals surface area contributed by atoms with E-state index in [1.807, 2.05) is 0 Å². The average molecular weight is 369 g/mol. The molecule has 8 heteroatoms. The van der Waals surface area contributed by atoms with Gasteiger partial charge in [-0.25, -0.2) is 8.42 Å². The van der Waals surface area contributed by atoms with Crippen LogP contribution in [0.5, 0.6) is 5.75 Å². The molecule has 140 valence electrons. The average Bonchev–Trinajstić information content (AvgIpc) is 2.56. The van der Waals surface area contributed by atoms with Crippen molar-refractivity contribution >= 4 is 21.6 Å². The summed E-state index contributed by atoms with van der Waals surface area (Å²) in [5, 5.41) is 2.99. The zero-order valence-corrected chi connectivity index (χ0v) is 16.0. The lowest BCUT2D eigenvalue weighted by Crippen LogP contribution is -2.52. The maximum atomic E-state index is 12.6. The van der Waals surface area contributed by atoms with E-state index in [4.69, 9.17) is 4.74 Å². The number of anilines is 1. The predicted octanol–water partition coefficient (Wildman–Crippen LogP) is 1.06. The van der Waals surface area contributed by atoms with Crippen molar-refractivity contribution in [1.29, 1.82) is 0 Å². The number of ether oxygens (including phenoxy) is 1. The van der Waals surface area contributed by atoms with Gasteiger partial charge in [0, 0.05) is 12.1 Å². The molecule has 0 bridgehead atoms. The Labute approximate surface area is 150 Å². The fourth-order valence-electron chi connectivity index (χ4n) is 3.03. The summed E-state index contributed by atoms with van der Waals surface area (Å²) in [7, 11) is -0.0636. The predicted molar refractivity (Wildman–Crippen MR) is 98.4 cm³/mol. The first-order valence-electron chi connectivity index (χ1n) is 8.34. The molecule has 0 saturated carbocycles. The van der Waals surface area contributed by atoms with Crippen LogP contribution in [0.25, 0.3) is 0 Å². The molecule has 1 aromatic carbocycles. The fourth-order valence-corrected chi connectivity index (χ4v) is 4.20. The second-order valence-corrected chi connectivity index (χ2v) is 8.38. The molecule has 25 heavy (non-hydrogen) atoms. The number of hydrogen-bond donors (Lipinski definition) is 1. The number of nitrogens with one attached hydrogen (secondary N) is 1. The van der Waals surface area contributed by atoms with E-state index in [9.17, 15) is 13.2 Å². The van der Waals surface area contributed by atoms with Crippen molar-refractivity contribution in [2.24, 2.45) is 0 Å². The van der Waals surface area contributed by atoms with Crippen molar-refractivity contribution in [3.05, 3.63) is 24.3 Å². The zero-order valence-electron chi connectivity index (χ0n) is 15.2. The Kier molecular flexibility index (Phi) is 6.29. The Morgan fingerprint density at radius 1 is 1.36 bits per heavy atom. The molecule has 1 atom stereocenters. The molecule has 2 rings (SSSR count). The van der Waals surface area contributed by atoms with Crippen LogP contribution in [0.4, 0.5) is 5.69 Å². The number of carbonyl (C=O) groups excluding carboxylic acids is 1. The van der Waals surface area contributed by atoms with Gasteiger partial charge in [-0.1, -0.05) is 6.07 Å². The molecular formula is C17H27N3O4S. The molecule has 1 saturated heterocycles. The first-order valence-corrected chi connectivity index (χ1v) is 10.2. The van der Waals surface area contributed by atoms with Crippen LogP contribution in [0.2, 0.25) is 0 Å². The lowest BCUT2D eigenvalue weighted by atomic mass is 10.1. The van der Waals surface area contributed by atoms with Crippen LogP contribution < -0.4 is 14.4 Å². The number of methoxy groups -OCH3 is 1. The Bertz CT molecular complexity index is 700. The summed E-state index contributed by atoms with van der Waals surface area (Å²) in [4.78, 5) is 14.9. The highest BCUT2D eigenvalue weighted by molar-refractivity contribution is 7.92. The smallest absolute Gasteiger partial charge is 0.243 e. The topological polar surface area (TPSA) is 79.0 Å². The summed E-state index contributed by atoms with van der Waals surface area (Å²) in [6, 6.07) is 5.93. The van der Waals surface area contributed by atoms with Gasteiger partial charge in [0.05, 0.1) is 19.1 Å². The van der Waals surface area contributed by atoms with E-state index >= 15 is 0 Å². The van der Waals surface area contributed by atoms with Gasteiger partial charge in [0.2, 0.25) is 15.9 Å². The second kappa shape index (κ2) is 8.05. The zero-order chi connectivity index (χ0) is 18.6. The molecule has 1 aromatic rings. The summed E-state index contributed by atoms with van der Waals surface area (Å²) < 4.78 is 30.9. The largest absolute Gasteiger partial charge is 0.497 e. The third-order valence-electron chi connectivity index (χ3n) is 4.46. The molecule has 1 unspecified atom stereocenters. The monoisotopic (exact) mass is 369 g/mol. The van der Waals surface area contributed by atoms with Gasteiger partial charge in [-0.2, -0.15) is 0 Å². The molecule has 0 radical (unpaired) electrons.